The van der Waals surface area contributed by atoms with Crippen LogP contribution in [0.3, 0.4) is 0 Å². The second-order valence-corrected chi connectivity index (χ2v) is 9.14. The smallest absolute Gasteiger partial charge is 0.338 e. The van der Waals surface area contributed by atoms with Crippen LogP contribution in [0.4, 0.5) is 4.39 Å². The molecule has 0 saturated carbocycles. The highest BCUT2D eigenvalue weighted by molar-refractivity contribution is 7.89. The van der Waals surface area contributed by atoms with E-state index < -0.39 is 16.0 Å². The van der Waals surface area contributed by atoms with Gasteiger partial charge in [-0.1, -0.05) is 13.8 Å². The molecular formula is C21H21FN2O4S2. The summed E-state index contributed by atoms with van der Waals surface area (Å²) in [6, 6.07) is 11.7. The molecule has 158 valence electrons. The first-order chi connectivity index (χ1) is 14.3. The molecule has 0 bridgehead atoms. The van der Waals surface area contributed by atoms with Gasteiger partial charge in [-0.25, -0.2) is 22.6 Å². The Hall–Kier alpha value is -2.62. The van der Waals surface area contributed by atoms with Crippen LogP contribution in [0.25, 0.3) is 10.6 Å². The number of rotatable bonds is 8. The molecule has 0 fully saturated rings. The first kappa shape index (κ1) is 22.1. The van der Waals surface area contributed by atoms with Gasteiger partial charge in [-0.05, 0) is 48.5 Å². The van der Waals surface area contributed by atoms with Gasteiger partial charge in [0.1, 0.15) is 17.4 Å². The SMILES string of the molecule is CCN(CC)S(=O)(=O)c1ccc(C(=O)OCc2csc(-c3ccc(F)cc3)n2)cc1. The van der Waals surface area contributed by atoms with Gasteiger partial charge < -0.3 is 4.74 Å². The lowest BCUT2D eigenvalue weighted by atomic mass is 10.2. The van der Waals surface area contributed by atoms with E-state index in [1.165, 1.54) is 52.0 Å². The Bertz CT molecular complexity index is 1110. The lowest BCUT2D eigenvalue weighted by Crippen LogP contribution is -2.30. The molecule has 0 N–H and O–H groups in total. The Balaban J connectivity index is 1.64. The second-order valence-electron chi connectivity index (χ2n) is 6.34. The number of benzene rings is 2. The zero-order valence-corrected chi connectivity index (χ0v) is 18.2. The summed E-state index contributed by atoms with van der Waals surface area (Å²) < 4.78 is 44.7. The van der Waals surface area contributed by atoms with E-state index in [9.17, 15) is 17.6 Å². The quantitative estimate of drug-likeness (QED) is 0.479. The number of hydrogen-bond acceptors (Lipinski definition) is 6. The highest BCUT2D eigenvalue weighted by atomic mass is 32.2. The molecule has 0 aliphatic heterocycles. The van der Waals surface area contributed by atoms with E-state index in [1.54, 1.807) is 31.4 Å². The predicted molar refractivity (Wildman–Crippen MR) is 113 cm³/mol. The summed E-state index contributed by atoms with van der Waals surface area (Å²) in [5, 5.41) is 2.47. The van der Waals surface area contributed by atoms with Gasteiger partial charge >= 0.3 is 5.97 Å². The van der Waals surface area contributed by atoms with Gasteiger partial charge in [-0.15, -0.1) is 11.3 Å². The van der Waals surface area contributed by atoms with Crippen molar-refractivity contribution in [3.8, 4) is 10.6 Å². The Morgan fingerprint density at radius 2 is 1.70 bits per heavy atom. The molecule has 3 rings (SSSR count). The van der Waals surface area contributed by atoms with Gasteiger partial charge in [0.15, 0.2) is 0 Å². The number of sulfonamides is 1. The number of esters is 1. The molecule has 9 heteroatoms. The molecule has 2 aromatic carbocycles. The lowest BCUT2D eigenvalue weighted by Gasteiger charge is -2.18. The minimum absolute atomic E-state index is 0.0178. The van der Waals surface area contributed by atoms with E-state index in [0.29, 0.717) is 23.8 Å². The van der Waals surface area contributed by atoms with Gasteiger partial charge in [0.2, 0.25) is 10.0 Å². The molecule has 0 saturated heterocycles. The maximum Gasteiger partial charge on any atom is 0.338 e. The Morgan fingerprint density at radius 1 is 1.07 bits per heavy atom. The fourth-order valence-electron chi connectivity index (χ4n) is 2.80. The molecule has 0 aliphatic rings. The summed E-state index contributed by atoms with van der Waals surface area (Å²) in [5.41, 5.74) is 1.61. The fraction of sp³-hybridized carbons (Fsp3) is 0.238. The van der Waals surface area contributed by atoms with Crippen molar-refractivity contribution >= 4 is 27.3 Å². The monoisotopic (exact) mass is 448 g/mol. The molecular weight excluding hydrogens is 427 g/mol. The van der Waals surface area contributed by atoms with E-state index in [2.05, 4.69) is 4.98 Å². The van der Waals surface area contributed by atoms with E-state index in [1.807, 2.05) is 0 Å². The third kappa shape index (κ3) is 4.92. The van der Waals surface area contributed by atoms with Crippen LogP contribution in [0.5, 0.6) is 0 Å². The molecule has 0 unspecified atom stereocenters. The molecule has 1 heterocycles. The van der Waals surface area contributed by atoms with Crippen LogP contribution in [-0.2, 0) is 21.4 Å². The largest absolute Gasteiger partial charge is 0.456 e. The van der Waals surface area contributed by atoms with Gasteiger partial charge in [0, 0.05) is 24.0 Å². The molecule has 0 spiro atoms. The molecule has 1 aromatic heterocycles. The van der Waals surface area contributed by atoms with Crippen molar-refractivity contribution in [3.05, 3.63) is 71.0 Å². The number of hydrogen-bond donors (Lipinski definition) is 0. The van der Waals surface area contributed by atoms with Crippen molar-refractivity contribution < 1.29 is 22.3 Å². The van der Waals surface area contributed by atoms with Gasteiger partial charge in [-0.2, -0.15) is 4.31 Å². The van der Waals surface area contributed by atoms with E-state index >= 15 is 0 Å². The molecule has 0 radical (unpaired) electrons. The van der Waals surface area contributed by atoms with Crippen molar-refractivity contribution in [2.24, 2.45) is 0 Å². The van der Waals surface area contributed by atoms with Crippen molar-refractivity contribution in [1.82, 2.24) is 9.29 Å². The van der Waals surface area contributed by atoms with E-state index in [0.717, 1.165) is 5.56 Å². The Labute approximate surface area is 179 Å². The summed E-state index contributed by atoms with van der Waals surface area (Å²) in [7, 11) is -3.58. The zero-order valence-electron chi connectivity index (χ0n) is 16.5. The first-order valence-corrected chi connectivity index (χ1v) is 11.6. The number of carbonyl (C=O) groups is 1. The van der Waals surface area contributed by atoms with Crippen LogP contribution in [0, 0.1) is 5.82 Å². The minimum Gasteiger partial charge on any atom is -0.456 e. The number of ether oxygens (including phenoxy) is 1. The number of nitrogens with zero attached hydrogens (tertiary/aromatic N) is 2. The molecule has 0 amide bonds. The third-order valence-corrected chi connectivity index (χ3v) is 7.43. The number of aromatic nitrogens is 1. The number of carbonyl (C=O) groups excluding carboxylic acids is 1. The zero-order chi connectivity index (χ0) is 21.7. The van der Waals surface area contributed by atoms with Crippen LogP contribution in [0.1, 0.15) is 29.9 Å². The number of thiazole rings is 1. The van der Waals surface area contributed by atoms with Crippen LogP contribution in [-0.4, -0.2) is 36.8 Å². The van der Waals surface area contributed by atoms with Crippen molar-refractivity contribution in [2.45, 2.75) is 25.3 Å². The molecule has 30 heavy (non-hydrogen) atoms. The van der Waals surface area contributed by atoms with Crippen LogP contribution in [0.15, 0.2) is 58.8 Å². The molecule has 6 nitrogen and oxygen atoms in total. The third-order valence-electron chi connectivity index (χ3n) is 4.43. The van der Waals surface area contributed by atoms with Crippen LogP contribution >= 0.6 is 11.3 Å². The average Bonchev–Trinajstić information content (AvgIpc) is 3.22. The Kier molecular flexibility index (Phi) is 6.96. The van der Waals surface area contributed by atoms with Crippen LogP contribution < -0.4 is 0 Å². The van der Waals surface area contributed by atoms with Crippen molar-refractivity contribution in [2.75, 3.05) is 13.1 Å². The van der Waals surface area contributed by atoms with Crippen molar-refractivity contribution in [3.63, 3.8) is 0 Å². The minimum atomic E-state index is -3.58. The fourth-order valence-corrected chi connectivity index (χ4v) is 5.07. The summed E-state index contributed by atoms with van der Waals surface area (Å²) in [6.45, 7) is 4.27. The molecule has 0 atom stereocenters. The lowest BCUT2D eigenvalue weighted by molar-refractivity contribution is 0.0468. The van der Waals surface area contributed by atoms with E-state index in [-0.39, 0.29) is 22.9 Å². The standard InChI is InChI=1S/C21H21FN2O4S2/c1-3-24(4-2)30(26,27)19-11-7-16(8-12-19)21(25)28-13-18-14-29-20(23-18)15-5-9-17(22)10-6-15/h5-12,14H,3-4,13H2,1-2H3. The maximum absolute atomic E-state index is 13.0. The van der Waals surface area contributed by atoms with Gasteiger partial charge in [0.05, 0.1) is 16.2 Å². The normalized spacial score (nSPS) is 11.6. The van der Waals surface area contributed by atoms with Crippen LogP contribution in [0.2, 0.25) is 0 Å². The van der Waals surface area contributed by atoms with Crippen molar-refractivity contribution in [1.29, 1.82) is 0 Å². The predicted octanol–water partition coefficient (Wildman–Crippen LogP) is 4.34. The summed E-state index contributed by atoms with van der Waals surface area (Å²) in [5.74, 6) is -0.890. The first-order valence-electron chi connectivity index (χ1n) is 9.32. The molecule has 3 aromatic rings. The van der Waals surface area contributed by atoms with Gasteiger partial charge in [0.25, 0.3) is 0 Å². The summed E-state index contributed by atoms with van der Waals surface area (Å²) >= 11 is 1.37. The van der Waals surface area contributed by atoms with Gasteiger partial charge in [-0.3, -0.25) is 0 Å². The summed E-state index contributed by atoms with van der Waals surface area (Å²) in [6.07, 6.45) is 0. The number of halogens is 1. The average molecular weight is 449 g/mol. The summed E-state index contributed by atoms with van der Waals surface area (Å²) in [4.78, 5) is 16.8. The topological polar surface area (TPSA) is 76.6 Å². The van der Waals surface area contributed by atoms with E-state index in [4.69, 9.17) is 4.74 Å². The maximum atomic E-state index is 13.0. The molecule has 0 aliphatic carbocycles. The second kappa shape index (κ2) is 9.46. The highest BCUT2D eigenvalue weighted by Crippen LogP contribution is 2.24. The Morgan fingerprint density at radius 3 is 2.30 bits per heavy atom. The highest BCUT2D eigenvalue weighted by Gasteiger charge is 2.22.